The molecule has 0 saturated heterocycles. The van der Waals surface area contributed by atoms with E-state index in [2.05, 4.69) is 16.9 Å². The van der Waals surface area contributed by atoms with Gasteiger partial charge >= 0.3 is 5.97 Å². The van der Waals surface area contributed by atoms with Crippen molar-refractivity contribution in [2.45, 2.75) is 25.3 Å². The summed E-state index contributed by atoms with van der Waals surface area (Å²) in [5.74, 6) is 0.00263. The van der Waals surface area contributed by atoms with E-state index in [4.69, 9.17) is 5.11 Å². The minimum atomic E-state index is -0.944. The molecule has 90 valence electrons. The van der Waals surface area contributed by atoms with E-state index in [1.165, 1.54) is 19.3 Å². The fourth-order valence-electron chi connectivity index (χ4n) is 1.83. The van der Waals surface area contributed by atoms with Gasteiger partial charge in [0.15, 0.2) is 0 Å². The number of carboxylic acids is 1. The summed E-state index contributed by atoms with van der Waals surface area (Å²) in [5, 5.41) is 8.51. The van der Waals surface area contributed by atoms with Gasteiger partial charge in [-0.1, -0.05) is 0 Å². The van der Waals surface area contributed by atoms with Crippen LogP contribution in [0.25, 0.3) is 6.08 Å². The molecular formula is C13H16N2O2. The van der Waals surface area contributed by atoms with Crippen LogP contribution >= 0.6 is 0 Å². The van der Waals surface area contributed by atoms with Crippen LogP contribution in [-0.2, 0) is 4.79 Å². The Morgan fingerprint density at radius 3 is 2.76 bits per heavy atom. The van der Waals surface area contributed by atoms with Crippen LogP contribution in [0, 0.1) is 0 Å². The normalized spacial score (nSPS) is 15.8. The number of hydrogen-bond acceptors (Lipinski definition) is 3. The molecule has 0 amide bonds. The second-order valence-corrected chi connectivity index (χ2v) is 4.32. The lowest BCUT2D eigenvalue weighted by molar-refractivity contribution is -0.131. The zero-order valence-corrected chi connectivity index (χ0v) is 9.84. The molecule has 17 heavy (non-hydrogen) atoms. The van der Waals surface area contributed by atoms with Gasteiger partial charge in [0.25, 0.3) is 0 Å². The lowest BCUT2D eigenvalue weighted by Crippen LogP contribution is -2.37. The molecular weight excluding hydrogens is 216 g/mol. The van der Waals surface area contributed by atoms with Crippen LogP contribution in [0.1, 0.15) is 24.8 Å². The molecule has 0 aliphatic heterocycles. The molecule has 2 rings (SSSR count). The van der Waals surface area contributed by atoms with E-state index >= 15 is 0 Å². The van der Waals surface area contributed by atoms with Gasteiger partial charge in [0.2, 0.25) is 0 Å². The highest BCUT2D eigenvalue weighted by Gasteiger charge is 2.22. The van der Waals surface area contributed by atoms with Gasteiger partial charge < -0.3 is 10.0 Å². The molecule has 1 aromatic heterocycles. The summed E-state index contributed by atoms with van der Waals surface area (Å²) < 4.78 is 0. The topological polar surface area (TPSA) is 53.4 Å². The highest BCUT2D eigenvalue weighted by atomic mass is 16.4. The van der Waals surface area contributed by atoms with Gasteiger partial charge in [0.05, 0.1) is 0 Å². The Balaban J connectivity index is 2.04. The van der Waals surface area contributed by atoms with Crippen LogP contribution in [0.2, 0.25) is 0 Å². The first kappa shape index (κ1) is 11.6. The monoisotopic (exact) mass is 232 g/mol. The molecule has 0 unspecified atom stereocenters. The summed E-state index contributed by atoms with van der Waals surface area (Å²) in [7, 11) is 2.05. The standard InChI is InChI=1S/C13H16N2O2/c1-15(11-3-2-4-11)12-7-5-10(9-14-12)6-8-13(16)17/h5-9,11H,2-4H2,1H3,(H,16,17)/b8-6+. The maximum Gasteiger partial charge on any atom is 0.328 e. The molecule has 4 nitrogen and oxygen atoms in total. The van der Waals surface area contributed by atoms with Gasteiger partial charge in [-0.3, -0.25) is 0 Å². The van der Waals surface area contributed by atoms with Crippen molar-refractivity contribution in [3.63, 3.8) is 0 Å². The van der Waals surface area contributed by atoms with Crippen molar-refractivity contribution in [2.24, 2.45) is 0 Å². The third kappa shape index (κ3) is 2.84. The number of aromatic nitrogens is 1. The predicted octanol–water partition coefficient (Wildman–Crippen LogP) is 2.17. The van der Waals surface area contributed by atoms with Crippen molar-refractivity contribution in [3.8, 4) is 0 Å². The SMILES string of the molecule is CN(c1ccc(/C=C/C(=O)O)cn1)C1CCC1. The molecule has 1 aromatic rings. The van der Waals surface area contributed by atoms with Crippen molar-refractivity contribution in [3.05, 3.63) is 30.0 Å². The number of aliphatic carboxylic acids is 1. The quantitative estimate of drug-likeness (QED) is 0.808. The van der Waals surface area contributed by atoms with Crippen LogP contribution in [0.3, 0.4) is 0 Å². The zero-order chi connectivity index (χ0) is 12.3. The number of carboxylic acid groups (broad SMARTS) is 1. The van der Waals surface area contributed by atoms with E-state index in [0.717, 1.165) is 17.5 Å². The van der Waals surface area contributed by atoms with E-state index in [1.807, 2.05) is 12.1 Å². The molecule has 1 aliphatic rings. The van der Waals surface area contributed by atoms with Crippen molar-refractivity contribution in [1.29, 1.82) is 0 Å². The maximum absolute atomic E-state index is 10.4. The van der Waals surface area contributed by atoms with Crippen molar-refractivity contribution >= 4 is 17.9 Å². The van der Waals surface area contributed by atoms with Crippen molar-refractivity contribution < 1.29 is 9.90 Å². The number of rotatable bonds is 4. The first-order chi connectivity index (χ1) is 8.16. The largest absolute Gasteiger partial charge is 0.478 e. The first-order valence-electron chi connectivity index (χ1n) is 5.77. The number of pyridine rings is 1. The van der Waals surface area contributed by atoms with Gasteiger partial charge in [0, 0.05) is 25.4 Å². The minimum Gasteiger partial charge on any atom is -0.478 e. The second kappa shape index (κ2) is 4.99. The van der Waals surface area contributed by atoms with Crippen LogP contribution in [0.4, 0.5) is 5.82 Å². The van der Waals surface area contributed by atoms with Crippen molar-refractivity contribution in [1.82, 2.24) is 4.98 Å². The molecule has 0 spiro atoms. The fourth-order valence-corrected chi connectivity index (χ4v) is 1.83. The van der Waals surface area contributed by atoms with E-state index in [1.54, 1.807) is 12.3 Å². The molecule has 1 aliphatic carbocycles. The van der Waals surface area contributed by atoms with E-state index in [0.29, 0.717) is 6.04 Å². The van der Waals surface area contributed by atoms with Crippen LogP contribution in [0.15, 0.2) is 24.4 Å². The van der Waals surface area contributed by atoms with Gasteiger partial charge in [0.1, 0.15) is 5.82 Å². The Morgan fingerprint density at radius 1 is 1.53 bits per heavy atom. The Bertz CT molecular complexity index is 422. The second-order valence-electron chi connectivity index (χ2n) is 4.32. The maximum atomic E-state index is 10.4. The molecule has 0 bridgehead atoms. The summed E-state index contributed by atoms with van der Waals surface area (Å²) in [6.45, 7) is 0. The Kier molecular flexibility index (Phi) is 3.42. The van der Waals surface area contributed by atoms with E-state index in [-0.39, 0.29) is 0 Å². The zero-order valence-electron chi connectivity index (χ0n) is 9.84. The number of carbonyl (C=O) groups is 1. The summed E-state index contributed by atoms with van der Waals surface area (Å²) in [5.41, 5.74) is 0.804. The number of anilines is 1. The van der Waals surface area contributed by atoms with Crippen LogP contribution < -0.4 is 4.90 Å². The lowest BCUT2D eigenvalue weighted by atomic mass is 9.92. The summed E-state index contributed by atoms with van der Waals surface area (Å²) in [4.78, 5) is 16.9. The van der Waals surface area contributed by atoms with Gasteiger partial charge in [-0.15, -0.1) is 0 Å². The molecule has 4 heteroatoms. The molecule has 1 heterocycles. The number of nitrogens with zero attached hydrogens (tertiary/aromatic N) is 2. The molecule has 1 saturated carbocycles. The summed E-state index contributed by atoms with van der Waals surface area (Å²) >= 11 is 0. The highest BCUT2D eigenvalue weighted by molar-refractivity contribution is 5.85. The van der Waals surface area contributed by atoms with Gasteiger partial charge in [-0.25, -0.2) is 9.78 Å². The van der Waals surface area contributed by atoms with Gasteiger partial charge in [-0.2, -0.15) is 0 Å². The van der Waals surface area contributed by atoms with E-state index < -0.39 is 5.97 Å². The van der Waals surface area contributed by atoms with Crippen LogP contribution in [-0.4, -0.2) is 29.1 Å². The minimum absolute atomic E-state index is 0.614. The Labute approximate surface area is 101 Å². The lowest BCUT2D eigenvalue weighted by Gasteiger charge is -2.35. The Morgan fingerprint density at radius 2 is 2.29 bits per heavy atom. The summed E-state index contributed by atoms with van der Waals surface area (Å²) in [6.07, 6.45) is 8.13. The average molecular weight is 232 g/mol. The Hall–Kier alpha value is -1.84. The third-order valence-corrected chi connectivity index (χ3v) is 3.17. The van der Waals surface area contributed by atoms with Gasteiger partial charge in [-0.05, 0) is 43.0 Å². The highest BCUT2D eigenvalue weighted by Crippen LogP contribution is 2.26. The first-order valence-corrected chi connectivity index (χ1v) is 5.77. The molecule has 1 N–H and O–H groups in total. The third-order valence-electron chi connectivity index (χ3n) is 3.17. The average Bonchev–Trinajstić information content (AvgIpc) is 2.24. The number of hydrogen-bond donors (Lipinski definition) is 1. The molecule has 0 radical (unpaired) electrons. The molecule has 0 atom stereocenters. The molecule has 0 aromatic carbocycles. The van der Waals surface area contributed by atoms with Crippen LogP contribution in [0.5, 0.6) is 0 Å². The van der Waals surface area contributed by atoms with E-state index in [9.17, 15) is 4.79 Å². The predicted molar refractivity (Wildman–Crippen MR) is 66.9 cm³/mol. The smallest absolute Gasteiger partial charge is 0.328 e. The van der Waals surface area contributed by atoms with Crippen molar-refractivity contribution in [2.75, 3.05) is 11.9 Å². The fraction of sp³-hybridized carbons (Fsp3) is 0.385. The molecule has 1 fully saturated rings. The summed E-state index contributed by atoms with van der Waals surface area (Å²) in [6, 6.07) is 4.43.